The maximum atomic E-state index is 14.4. The summed E-state index contributed by atoms with van der Waals surface area (Å²) in [6, 6.07) is 19.6. The van der Waals surface area contributed by atoms with Crippen molar-refractivity contribution in [3.63, 3.8) is 0 Å². The Morgan fingerprint density at radius 1 is 0.844 bits per heavy atom. The van der Waals surface area contributed by atoms with Crippen LogP contribution in [0.15, 0.2) is 84.4 Å². The van der Waals surface area contributed by atoms with E-state index in [9.17, 15) is 34.3 Å². The van der Waals surface area contributed by atoms with Crippen molar-refractivity contribution in [2.24, 2.45) is 29.1 Å². The first kappa shape index (κ1) is 29.0. The molecular formula is C34H31BN2O8. The zero-order valence-electron chi connectivity index (χ0n) is 24.7. The molecule has 0 unspecified atom stereocenters. The SMILES string of the molecule is COc1ccc([C@H]2C3=CC[C@@H]4C(=O)N(c5cccc(B(O)O)c5)C(=O)[C@@H]4[C@@H]3C[C@H]3C(=O)N(c4ccccc4)C(=O)[C@@]23C)c(O)c1. The normalized spacial score (nSPS) is 28.9. The van der Waals surface area contributed by atoms with Gasteiger partial charge in [0, 0.05) is 17.5 Å². The minimum Gasteiger partial charge on any atom is -0.508 e. The number of rotatable bonds is 5. The van der Waals surface area contributed by atoms with Crippen molar-refractivity contribution < 1.29 is 39.1 Å². The molecule has 2 aliphatic carbocycles. The number of carbonyl (C=O) groups is 4. The van der Waals surface area contributed by atoms with Gasteiger partial charge < -0.3 is 19.9 Å². The maximum absolute atomic E-state index is 14.4. The molecule has 6 atom stereocenters. The van der Waals surface area contributed by atoms with Gasteiger partial charge in [0.05, 0.1) is 41.7 Å². The van der Waals surface area contributed by atoms with Crippen LogP contribution in [0.2, 0.25) is 0 Å². The Morgan fingerprint density at radius 2 is 1.58 bits per heavy atom. The average Bonchev–Trinajstić information content (AvgIpc) is 3.41. The third-order valence-electron chi connectivity index (χ3n) is 10.3. The summed E-state index contributed by atoms with van der Waals surface area (Å²) in [5.41, 5.74) is 0.715. The first-order valence-electron chi connectivity index (χ1n) is 14.9. The number of benzene rings is 3. The molecule has 2 heterocycles. The lowest BCUT2D eigenvalue weighted by atomic mass is 9.51. The highest BCUT2D eigenvalue weighted by Crippen LogP contribution is 2.64. The van der Waals surface area contributed by atoms with Gasteiger partial charge in [0.2, 0.25) is 23.6 Å². The highest BCUT2D eigenvalue weighted by Gasteiger charge is 2.68. The topological polar surface area (TPSA) is 145 Å². The number of imide groups is 2. The van der Waals surface area contributed by atoms with E-state index < -0.39 is 53.9 Å². The number of nitrogens with zero attached hydrogens (tertiary/aromatic N) is 2. The molecule has 3 aromatic carbocycles. The number of anilines is 2. The Kier molecular flexibility index (Phi) is 6.72. The molecule has 2 saturated heterocycles. The molecule has 4 amide bonds. The number of phenols is 1. The van der Waals surface area contributed by atoms with Crippen LogP contribution in [0, 0.1) is 29.1 Å². The third-order valence-corrected chi connectivity index (χ3v) is 10.3. The predicted molar refractivity (Wildman–Crippen MR) is 164 cm³/mol. The Morgan fingerprint density at radius 3 is 2.27 bits per heavy atom. The minimum absolute atomic E-state index is 0.101. The number of ether oxygens (including phenoxy) is 1. The zero-order valence-corrected chi connectivity index (χ0v) is 24.7. The number of hydrogen-bond donors (Lipinski definition) is 3. The molecular weight excluding hydrogens is 575 g/mol. The quantitative estimate of drug-likeness (QED) is 0.228. The van der Waals surface area contributed by atoms with Gasteiger partial charge in [-0.2, -0.15) is 0 Å². The lowest BCUT2D eigenvalue weighted by molar-refractivity contribution is -0.131. The van der Waals surface area contributed by atoms with Crippen molar-refractivity contribution in [3.05, 3.63) is 90.0 Å². The van der Waals surface area contributed by atoms with Gasteiger partial charge in [0.25, 0.3) is 0 Å². The van der Waals surface area contributed by atoms with Crippen molar-refractivity contribution in [2.45, 2.75) is 25.7 Å². The fourth-order valence-electron chi connectivity index (χ4n) is 8.16. The average molecular weight is 606 g/mol. The monoisotopic (exact) mass is 606 g/mol. The molecule has 11 heteroatoms. The van der Waals surface area contributed by atoms with E-state index in [1.54, 1.807) is 61.5 Å². The first-order valence-corrected chi connectivity index (χ1v) is 14.9. The maximum Gasteiger partial charge on any atom is 0.488 e. The fraction of sp³-hybridized carbons (Fsp3) is 0.294. The van der Waals surface area contributed by atoms with Crippen LogP contribution in [0.1, 0.15) is 31.2 Å². The summed E-state index contributed by atoms with van der Waals surface area (Å²) in [4.78, 5) is 59.0. The van der Waals surface area contributed by atoms with E-state index in [-0.39, 0.29) is 41.6 Å². The molecule has 0 bridgehead atoms. The van der Waals surface area contributed by atoms with E-state index >= 15 is 0 Å². The summed E-state index contributed by atoms with van der Waals surface area (Å²) in [5.74, 6) is -4.95. The summed E-state index contributed by atoms with van der Waals surface area (Å²) in [7, 11) is -0.296. The van der Waals surface area contributed by atoms with Gasteiger partial charge in [0.1, 0.15) is 11.5 Å². The van der Waals surface area contributed by atoms with Crippen LogP contribution in [0.25, 0.3) is 0 Å². The van der Waals surface area contributed by atoms with Gasteiger partial charge in [-0.1, -0.05) is 48.0 Å². The van der Waals surface area contributed by atoms with Crippen LogP contribution in [0.5, 0.6) is 11.5 Å². The number of hydrogen-bond acceptors (Lipinski definition) is 8. The molecule has 0 radical (unpaired) electrons. The molecule has 228 valence electrons. The zero-order chi connectivity index (χ0) is 31.8. The van der Waals surface area contributed by atoms with Crippen molar-refractivity contribution in [2.75, 3.05) is 16.9 Å². The lowest BCUT2D eigenvalue weighted by Crippen LogP contribution is -2.48. The van der Waals surface area contributed by atoms with Gasteiger partial charge in [0.15, 0.2) is 0 Å². The minimum atomic E-state index is -1.78. The van der Waals surface area contributed by atoms with Crippen molar-refractivity contribution in [1.82, 2.24) is 0 Å². The van der Waals surface area contributed by atoms with Gasteiger partial charge in [-0.05, 0) is 61.5 Å². The van der Waals surface area contributed by atoms with E-state index in [4.69, 9.17) is 4.74 Å². The van der Waals surface area contributed by atoms with E-state index in [1.807, 2.05) is 6.08 Å². The summed E-state index contributed by atoms with van der Waals surface area (Å²) >= 11 is 0. The van der Waals surface area contributed by atoms with Crippen LogP contribution >= 0.6 is 0 Å². The van der Waals surface area contributed by atoms with Gasteiger partial charge in [-0.25, -0.2) is 4.90 Å². The van der Waals surface area contributed by atoms with Crippen molar-refractivity contribution in [3.8, 4) is 11.5 Å². The van der Waals surface area contributed by atoms with Crippen molar-refractivity contribution in [1.29, 1.82) is 0 Å². The van der Waals surface area contributed by atoms with E-state index in [2.05, 4.69) is 0 Å². The highest BCUT2D eigenvalue weighted by atomic mass is 16.5. The number of amides is 4. The third kappa shape index (κ3) is 4.10. The summed E-state index contributed by atoms with van der Waals surface area (Å²) in [5, 5.41) is 30.7. The summed E-state index contributed by atoms with van der Waals surface area (Å²) in [6.45, 7) is 1.76. The molecule has 1 saturated carbocycles. The molecule has 0 spiro atoms. The number of allylic oxidation sites excluding steroid dienone is 2. The number of phenolic OH excluding ortho intramolecular Hbond substituents is 1. The fourth-order valence-corrected chi connectivity index (χ4v) is 8.16. The van der Waals surface area contributed by atoms with Crippen LogP contribution in [-0.4, -0.2) is 53.0 Å². The Labute approximate surface area is 259 Å². The number of aromatic hydroxyl groups is 1. The van der Waals surface area contributed by atoms with Crippen LogP contribution in [-0.2, 0) is 19.2 Å². The second-order valence-corrected chi connectivity index (χ2v) is 12.4. The highest BCUT2D eigenvalue weighted by molar-refractivity contribution is 6.58. The van der Waals surface area contributed by atoms with Gasteiger partial charge in [-0.15, -0.1) is 0 Å². The Bertz CT molecular complexity index is 1790. The molecule has 3 aromatic rings. The second kappa shape index (κ2) is 10.4. The largest absolute Gasteiger partial charge is 0.508 e. The Hall–Kier alpha value is -4.74. The van der Waals surface area contributed by atoms with Gasteiger partial charge in [-0.3, -0.25) is 24.1 Å². The lowest BCUT2D eigenvalue weighted by Gasteiger charge is -2.49. The van der Waals surface area contributed by atoms with E-state index in [0.717, 1.165) is 10.5 Å². The molecule has 7 rings (SSSR count). The van der Waals surface area contributed by atoms with Gasteiger partial charge >= 0.3 is 7.12 Å². The van der Waals surface area contributed by atoms with Crippen LogP contribution in [0.3, 0.4) is 0 Å². The number of methoxy groups -OCH3 is 1. The number of carbonyl (C=O) groups excluding carboxylic acids is 4. The van der Waals surface area contributed by atoms with Crippen molar-refractivity contribution >= 4 is 47.6 Å². The molecule has 3 N–H and O–H groups in total. The molecule has 45 heavy (non-hydrogen) atoms. The van der Waals surface area contributed by atoms with Crippen LogP contribution < -0.4 is 20.0 Å². The standard InChI is InChI=1S/C34H31BN2O8/c1-34-26(31(40)37(33(34)42)19-8-4-3-5-9-19)17-25-22(29(34)23-12-11-21(45-2)16-27(23)38)13-14-24-28(25)32(41)36(30(24)39)20-10-6-7-18(15-20)35(43)44/h3-13,15-16,24-26,28-29,38,43-44H,14,17H2,1-2H3/t24-,25+,26-,28-,29+,34+/m0/s1. The van der Waals surface area contributed by atoms with E-state index in [0.29, 0.717) is 17.0 Å². The molecule has 10 nitrogen and oxygen atoms in total. The summed E-state index contributed by atoms with van der Waals surface area (Å²) < 4.78 is 5.31. The Balaban J connectivity index is 1.36. The molecule has 2 aliphatic heterocycles. The summed E-state index contributed by atoms with van der Waals surface area (Å²) in [6.07, 6.45) is 2.32. The molecule has 0 aromatic heterocycles. The molecule has 4 aliphatic rings. The number of fused-ring (bicyclic) bond motifs is 4. The second-order valence-electron chi connectivity index (χ2n) is 12.4. The molecule has 3 fully saturated rings. The number of para-hydroxylation sites is 1. The van der Waals surface area contributed by atoms with Crippen LogP contribution in [0.4, 0.5) is 11.4 Å². The smallest absolute Gasteiger partial charge is 0.488 e. The predicted octanol–water partition coefficient (Wildman–Crippen LogP) is 2.52. The first-order chi connectivity index (χ1) is 21.6. The van der Waals surface area contributed by atoms with E-state index in [1.165, 1.54) is 30.2 Å².